The Kier molecular flexibility index (Phi) is 4.63. The Morgan fingerprint density at radius 3 is 2.48 bits per heavy atom. The second-order valence-electron chi connectivity index (χ2n) is 6.00. The number of nitrogens with zero attached hydrogens (tertiary/aromatic N) is 1. The van der Waals surface area contributed by atoms with Gasteiger partial charge in [-0.3, -0.25) is 4.79 Å². The van der Waals surface area contributed by atoms with E-state index < -0.39 is 9.05 Å². The molecule has 1 amide bonds. The molecule has 0 heterocycles. The van der Waals surface area contributed by atoms with Crippen LogP contribution < -0.4 is 0 Å². The molecular formula is C15H20ClNO3S. The predicted molar refractivity (Wildman–Crippen MR) is 83.1 cm³/mol. The Balaban J connectivity index is 2.34. The van der Waals surface area contributed by atoms with Crippen molar-refractivity contribution in [1.29, 1.82) is 0 Å². The van der Waals surface area contributed by atoms with Crippen LogP contribution in [0.2, 0.25) is 0 Å². The van der Waals surface area contributed by atoms with E-state index in [1.54, 1.807) is 19.1 Å². The molecule has 4 nitrogen and oxygen atoms in total. The fourth-order valence-electron chi connectivity index (χ4n) is 2.34. The summed E-state index contributed by atoms with van der Waals surface area (Å²) >= 11 is 0. The van der Waals surface area contributed by atoms with E-state index in [1.807, 2.05) is 4.90 Å². The molecule has 1 aromatic rings. The maximum absolute atomic E-state index is 12.6. The third kappa shape index (κ3) is 3.98. The molecule has 6 heteroatoms. The molecule has 116 valence electrons. The average molecular weight is 330 g/mol. The summed E-state index contributed by atoms with van der Waals surface area (Å²) in [5.41, 5.74) is 0.927. The molecule has 2 rings (SSSR count). The van der Waals surface area contributed by atoms with Gasteiger partial charge in [0, 0.05) is 28.8 Å². The Bertz CT molecular complexity index is 651. The van der Waals surface area contributed by atoms with Crippen LogP contribution in [0.5, 0.6) is 0 Å². The first-order valence-corrected chi connectivity index (χ1v) is 9.37. The molecule has 0 aliphatic heterocycles. The van der Waals surface area contributed by atoms with Crippen LogP contribution in [0.15, 0.2) is 23.1 Å². The largest absolute Gasteiger partial charge is 0.335 e. The number of rotatable bonds is 5. The van der Waals surface area contributed by atoms with E-state index in [9.17, 15) is 13.2 Å². The van der Waals surface area contributed by atoms with Gasteiger partial charge in [0.25, 0.3) is 15.0 Å². The SMILES string of the molecule is Cc1ccc(C(=O)N(CC(C)C)C2CC2)cc1S(=O)(=O)Cl. The van der Waals surface area contributed by atoms with Crippen molar-refractivity contribution < 1.29 is 13.2 Å². The summed E-state index contributed by atoms with van der Waals surface area (Å²) in [6, 6.07) is 4.97. The molecule has 0 saturated heterocycles. The molecule has 0 atom stereocenters. The second kappa shape index (κ2) is 5.97. The van der Waals surface area contributed by atoms with Crippen molar-refractivity contribution in [2.45, 2.75) is 44.6 Å². The lowest BCUT2D eigenvalue weighted by molar-refractivity contribution is 0.0722. The molecule has 1 aliphatic carbocycles. The van der Waals surface area contributed by atoms with Gasteiger partial charge in [0.1, 0.15) is 0 Å². The Hall–Kier alpha value is -1.07. The first-order chi connectivity index (χ1) is 9.70. The molecule has 0 bridgehead atoms. The highest BCUT2D eigenvalue weighted by molar-refractivity contribution is 8.13. The molecule has 1 fully saturated rings. The second-order valence-corrected chi connectivity index (χ2v) is 8.54. The lowest BCUT2D eigenvalue weighted by atomic mass is 10.1. The number of carbonyl (C=O) groups is 1. The van der Waals surface area contributed by atoms with Crippen molar-refractivity contribution in [1.82, 2.24) is 4.90 Å². The summed E-state index contributed by atoms with van der Waals surface area (Å²) < 4.78 is 23.1. The molecule has 1 aromatic carbocycles. The van der Waals surface area contributed by atoms with Gasteiger partial charge in [-0.25, -0.2) is 8.42 Å². The maximum atomic E-state index is 12.6. The van der Waals surface area contributed by atoms with Crippen LogP contribution >= 0.6 is 10.7 Å². The van der Waals surface area contributed by atoms with Gasteiger partial charge >= 0.3 is 0 Å². The van der Waals surface area contributed by atoms with E-state index in [1.165, 1.54) is 6.07 Å². The standard InChI is InChI=1S/C15H20ClNO3S/c1-10(2)9-17(13-6-7-13)15(18)12-5-4-11(3)14(8-12)21(16,19)20/h4-5,8,10,13H,6-7,9H2,1-3H3. The van der Waals surface area contributed by atoms with Crippen molar-refractivity contribution in [2.24, 2.45) is 5.92 Å². The number of hydrogen-bond acceptors (Lipinski definition) is 3. The molecule has 0 unspecified atom stereocenters. The molecule has 0 aromatic heterocycles. The minimum Gasteiger partial charge on any atom is -0.335 e. The van der Waals surface area contributed by atoms with Crippen LogP contribution in [0.4, 0.5) is 0 Å². The van der Waals surface area contributed by atoms with Crippen molar-refractivity contribution >= 4 is 25.6 Å². The monoisotopic (exact) mass is 329 g/mol. The zero-order chi connectivity index (χ0) is 15.8. The Labute approximate surface area is 130 Å². The van der Waals surface area contributed by atoms with Crippen LogP contribution in [0.3, 0.4) is 0 Å². The maximum Gasteiger partial charge on any atom is 0.261 e. The van der Waals surface area contributed by atoms with Crippen molar-refractivity contribution in [2.75, 3.05) is 6.54 Å². The summed E-state index contributed by atoms with van der Waals surface area (Å²) in [5.74, 6) is 0.254. The number of hydrogen-bond donors (Lipinski definition) is 0. The fraction of sp³-hybridized carbons (Fsp3) is 0.533. The first kappa shape index (κ1) is 16.3. The third-order valence-corrected chi connectivity index (χ3v) is 4.97. The van der Waals surface area contributed by atoms with Crippen molar-refractivity contribution in [3.8, 4) is 0 Å². The van der Waals surface area contributed by atoms with E-state index in [2.05, 4.69) is 13.8 Å². The minimum atomic E-state index is -3.84. The van der Waals surface area contributed by atoms with E-state index in [0.717, 1.165) is 12.8 Å². The van der Waals surface area contributed by atoms with E-state index >= 15 is 0 Å². The molecule has 1 saturated carbocycles. The van der Waals surface area contributed by atoms with E-state index in [0.29, 0.717) is 23.6 Å². The van der Waals surface area contributed by atoms with Crippen LogP contribution in [-0.4, -0.2) is 31.8 Å². The molecule has 1 aliphatic rings. The predicted octanol–water partition coefficient (Wildman–Crippen LogP) is 3.18. The van der Waals surface area contributed by atoms with Gasteiger partial charge in [0.2, 0.25) is 0 Å². The number of amides is 1. The number of benzene rings is 1. The van der Waals surface area contributed by atoms with Crippen molar-refractivity contribution in [3.05, 3.63) is 29.3 Å². The van der Waals surface area contributed by atoms with Gasteiger partial charge in [-0.05, 0) is 43.4 Å². The number of aryl methyl sites for hydroxylation is 1. The van der Waals surface area contributed by atoms with Gasteiger partial charge in [0.15, 0.2) is 0 Å². The minimum absolute atomic E-state index is 0.00955. The summed E-state index contributed by atoms with van der Waals surface area (Å²) in [6.07, 6.45) is 2.04. The normalized spacial score (nSPS) is 15.3. The molecular weight excluding hydrogens is 310 g/mol. The van der Waals surface area contributed by atoms with Crippen LogP contribution in [0.25, 0.3) is 0 Å². The third-order valence-electron chi connectivity index (χ3n) is 3.51. The average Bonchev–Trinajstić information content (AvgIpc) is 3.18. The quantitative estimate of drug-likeness (QED) is 0.780. The lowest BCUT2D eigenvalue weighted by Gasteiger charge is -2.24. The van der Waals surface area contributed by atoms with Gasteiger partial charge in [-0.1, -0.05) is 19.9 Å². The number of carbonyl (C=O) groups excluding carboxylic acids is 1. The van der Waals surface area contributed by atoms with Gasteiger partial charge < -0.3 is 4.90 Å². The summed E-state index contributed by atoms with van der Waals surface area (Å²) in [4.78, 5) is 14.5. The topological polar surface area (TPSA) is 54.5 Å². The van der Waals surface area contributed by atoms with Gasteiger partial charge in [-0.15, -0.1) is 0 Å². The molecule has 0 N–H and O–H groups in total. The zero-order valence-electron chi connectivity index (χ0n) is 12.5. The highest BCUT2D eigenvalue weighted by Gasteiger charge is 2.33. The van der Waals surface area contributed by atoms with Crippen LogP contribution in [0.1, 0.15) is 42.6 Å². The van der Waals surface area contributed by atoms with Crippen LogP contribution in [-0.2, 0) is 9.05 Å². The highest BCUT2D eigenvalue weighted by atomic mass is 35.7. The van der Waals surface area contributed by atoms with E-state index in [4.69, 9.17) is 10.7 Å². The molecule has 21 heavy (non-hydrogen) atoms. The van der Waals surface area contributed by atoms with Gasteiger partial charge in [-0.2, -0.15) is 0 Å². The molecule has 0 radical (unpaired) electrons. The van der Waals surface area contributed by atoms with Crippen molar-refractivity contribution in [3.63, 3.8) is 0 Å². The summed E-state index contributed by atoms with van der Waals surface area (Å²) in [6.45, 7) is 6.47. The first-order valence-electron chi connectivity index (χ1n) is 7.06. The Morgan fingerprint density at radius 1 is 1.38 bits per heavy atom. The molecule has 0 spiro atoms. The van der Waals surface area contributed by atoms with Crippen LogP contribution in [0, 0.1) is 12.8 Å². The van der Waals surface area contributed by atoms with E-state index in [-0.39, 0.29) is 16.8 Å². The Morgan fingerprint density at radius 2 is 2.00 bits per heavy atom. The summed E-state index contributed by atoms with van der Waals surface area (Å²) in [5, 5.41) is 0. The highest BCUT2D eigenvalue weighted by Crippen LogP contribution is 2.30. The van der Waals surface area contributed by atoms with Gasteiger partial charge in [0.05, 0.1) is 4.90 Å². The summed E-state index contributed by atoms with van der Waals surface area (Å²) in [7, 11) is 1.59. The fourth-order valence-corrected chi connectivity index (χ4v) is 3.56. The smallest absolute Gasteiger partial charge is 0.261 e. The zero-order valence-corrected chi connectivity index (χ0v) is 14.0. The lowest BCUT2D eigenvalue weighted by Crippen LogP contribution is -2.36. The number of halogens is 1.